The zero-order chi connectivity index (χ0) is 30.0. The molecule has 2 amide bonds. The lowest BCUT2D eigenvalue weighted by atomic mass is 9.98. The molecular formula is C34H39N3O6. The van der Waals surface area contributed by atoms with Crippen LogP contribution >= 0.6 is 0 Å². The molecular weight excluding hydrogens is 546 g/mol. The molecule has 0 aromatic heterocycles. The molecule has 5 rings (SSSR count). The van der Waals surface area contributed by atoms with E-state index in [9.17, 15) is 14.4 Å². The van der Waals surface area contributed by atoms with Gasteiger partial charge in [-0.05, 0) is 104 Å². The van der Waals surface area contributed by atoms with Gasteiger partial charge in [0, 0.05) is 30.9 Å². The maximum absolute atomic E-state index is 12.7. The number of benzene rings is 3. The molecule has 43 heavy (non-hydrogen) atoms. The van der Waals surface area contributed by atoms with Crippen molar-refractivity contribution in [1.82, 2.24) is 9.80 Å². The number of carboxylic acids is 1. The van der Waals surface area contributed by atoms with E-state index in [0.717, 1.165) is 38.0 Å². The van der Waals surface area contributed by atoms with Crippen LogP contribution in [0.1, 0.15) is 53.6 Å². The largest absolute Gasteiger partial charge is 0.493 e. The molecule has 9 heteroatoms. The summed E-state index contributed by atoms with van der Waals surface area (Å²) in [5.41, 5.74) is 3.17. The van der Waals surface area contributed by atoms with Gasteiger partial charge in [-0.2, -0.15) is 0 Å². The number of carbonyl (C=O) groups excluding carboxylic acids is 2. The third-order valence-corrected chi connectivity index (χ3v) is 8.03. The summed E-state index contributed by atoms with van der Waals surface area (Å²) in [5, 5.41) is 11.8. The summed E-state index contributed by atoms with van der Waals surface area (Å²) in [7, 11) is 0. The zero-order valence-corrected chi connectivity index (χ0v) is 24.4. The Morgan fingerprint density at radius 3 is 2.05 bits per heavy atom. The second-order valence-corrected chi connectivity index (χ2v) is 11.3. The fraction of sp³-hybridized carbons (Fsp3) is 0.382. The number of ether oxygens (including phenoxy) is 2. The number of hydrogen-bond donors (Lipinski definition) is 2. The minimum atomic E-state index is -0.861. The van der Waals surface area contributed by atoms with Crippen LogP contribution in [0.4, 0.5) is 10.5 Å². The molecule has 2 aliphatic rings. The zero-order valence-electron chi connectivity index (χ0n) is 24.4. The molecule has 0 saturated carbocycles. The van der Waals surface area contributed by atoms with E-state index < -0.39 is 12.1 Å². The van der Waals surface area contributed by atoms with Crippen LogP contribution in [-0.2, 0) is 17.8 Å². The second-order valence-electron chi connectivity index (χ2n) is 11.3. The highest BCUT2D eigenvalue weighted by Gasteiger charge is 2.24. The Hall–Kier alpha value is -4.37. The topological polar surface area (TPSA) is 108 Å². The number of carboxylic acid groups (broad SMARTS) is 1. The fourth-order valence-electron chi connectivity index (χ4n) is 5.49. The summed E-state index contributed by atoms with van der Waals surface area (Å²) in [6, 6.07) is 21.7. The van der Waals surface area contributed by atoms with Crippen LogP contribution in [0.5, 0.6) is 11.5 Å². The maximum Gasteiger partial charge on any atom is 0.415 e. The van der Waals surface area contributed by atoms with Crippen molar-refractivity contribution in [2.45, 2.75) is 45.1 Å². The van der Waals surface area contributed by atoms with Gasteiger partial charge < -0.3 is 24.8 Å². The monoisotopic (exact) mass is 585 g/mol. The number of anilines is 1. The van der Waals surface area contributed by atoms with Crippen molar-refractivity contribution in [1.29, 1.82) is 0 Å². The smallest absolute Gasteiger partial charge is 0.415 e. The minimum absolute atomic E-state index is 0.0103. The molecule has 3 aromatic carbocycles. The van der Waals surface area contributed by atoms with Crippen molar-refractivity contribution in [2.75, 3.05) is 38.1 Å². The van der Waals surface area contributed by atoms with Gasteiger partial charge in [-0.3, -0.25) is 14.5 Å². The molecule has 0 aliphatic carbocycles. The van der Waals surface area contributed by atoms with E-state index in [1.165, 1.54) is 24.8 Å². The number of aliphatic carboxylic acids is 1. The number of piperidine rings is 2. The lowest BCUT2D eigenvalue weighted by Crippen LogP contribution is -2.41. The number of nitrogens with zero attached hydrogens (tertiary/aromatic N) is 2. The van der Waals surface area contributed by atoms with Gasteiger partial charge in [0.25, 0.3) is 5.91 Å². The summed E-state index contributed by atoms with van der Waals surface area (Å²) in [6.45, 7) is 4.89. The van der Waals surface area contributed by atoms with Gasteiger partial charge in [0.2, 0.25) is 0 Å². The molecule has 9 nitrogen and oxygen atoms in total. The molecule has 226 valence electrons. The standard InChI is InChI=1S/C34H39N3O6/c38-32(39)22-25-6-12-30(13-7-25)42-24-27-16-20-37(21-17-27)34(41)43-31-14-10-29(11-15-31)35-33(40)28-8-4-26(5-9-28)23-36-18-2-1-3-19-36/h4-15,27H,1-3,16-24H2,(H,35,40)(H,38,39). The second kappa shape index (κ2) is 14.7. The first-order valence-electron chi connectivity index (χ1n) is 15.0. The first-order chi connectivity index (χ1) is 20.9. The number of likely N-dealkylation sites (tertiary alicyclic amines) is 2. The average molecular weight is 586 g/mol. The van der Waals surface area contributed by atoms with Gasteiger partial charge in [0.15, 0.2) is 0 Å². The average Bonchev–Trinajstić information content (AvgIpc) is 3.02. The van der Waals surface area contributed by atoms with Gasteiger partial charge in [-0.25, -0.2) is 4.79 Å². The SMILES string of the molecule is O=C(O)Cc1ccc(OCC2CCN(C(=O)Oc3ccc(NC(=O)c4ccc(CN5CCCCC5)cc4)cc3)CC2)cc1. The van der Waals surface area contributed by atoms with E-state index in [2.05, 4.69) is 10.2 Å². The van der Waals surface area contributed by atoms with Crippen molar-refractivity contribution in [3.63, 3.8) is 0 Å². The molecule has 2 N–H and O–H groups in total. The number of hydrogen-bond acceptors (Lipinski definition) is 6. The van der Waals surface area contributed by atoms with Crippen LogP contribution in [0.15, 0.2) is 72.8 Å². The lowest BCUT2D eigenvalue weighted by Gasteiger charge is -2.31. The number of amides is 2. The van der Waals surface area contributed by atoms with E-state index in [-0.39, 0.29) is 12.3 Å². The van der Waals surface area contributed by atoms with Crippen LogP contribution < -0.4 is 14.8 Å². The van der Waals surface area contributed by atoms with Gasteiger partial charge in [0.05, 0.1) is 13.0 Å². The third-order valence-electron chi connectivity index (χ3n) is 8.03. The van der Waals surface area contributed by atoms with Gasteiger partial charge in [-0.1, -0.05) is 30.7 Å². The Kier molecular flexibility index (Phi) is 10.3. The van der Waals surface area contributed by atoms with Crippen molar-refractivity contribution in [2.24, 2.45) is 5.92 Å². The number of rotatable bonds is 10. The van der Waals surface area contributed by atoms with Gasteiger partial charge >= 0.3 is 12.1 Å². The highest BCUT2D eigenvalue weighted by molar-refractivity contribution is 6.04. The van der Waals surface area contributed by atoms with Crippen LogP contribution in [0.3, 0.4) is 0 Å². The molecule has 3 aromatic rings. The van der Waals surface area contributed by atoms with E-state index >= 15 is 0 Å². The molecule has 2 heterocycles. The maximum atomic E-state index is 12.7. The van der Waals surface area contributed by atoms with Crippen molar-refractivity contribution in [3.8, 4) is 11.5 Å². The van der Waals surface area contributed by atoms with E-state index in [4.69, 9.17) is 14.6 Å². The van der Waals surface area contributed by atoms with Crippen LogP contribution in [0, 0.1) is 5.92 Å². The summed E-state index contributed by atoms with van der Waals surface area (Å²) < 4.78 is 11.5. The molecule has 2 aliphatic heterocycles. The Labute approximate surface area is 252 Å². The van der Waals surface area contributed by atoms with E-state index in [1.807, 2.05) is 24.3 Å². The Morgan fingerprint density at radius 2 is 1.40 bits per heavy atom. The normalized spacial score (nSPS) is 16.0. The van der Waals surface area contributed by atoms with Crippen LogP contribution in [0.2, 0.25) is 0 Å². The van der Waals surface area contributed by atoms with Gasteiger partial charge in [0.1, 0.15) is 11.5 Å². The molecule has 0 atom stereocenters. The predicted molar refractivity (Wildman–Crippen MR) is 164 cm³/mol. The van der Waals surface area contributed by atoms with Crippen molar-refractivity contribution in [3.05, 3.63) is 89.5 Å². The third kappa shape index (κ3) is 9.06. The molecule has 2 fully saturated rings. The number of carbonyl (C=O) groups is 3. The summed E-state index contributed by atoms with van der Waals surface area (Å²) in [5.74, 6) is 0.395. The quantitative estimate of drug-likeness (QED) is 0.308. The minimum Gasteiger partial charge on any atom is -0.493 e. The predicted octanol–water partition coefficient (Wildman–Crippen LogP) is 5.84. The van der Waals surface area contributed by atoms with Crippen molar-refractivity contribution < 1.29 is 29.0 Å². The summed E-state index contributed by atoms with van der Waals surface area (Å²) in [6.07, 6.45) is 5.02. The Balaban J connectivity index is 1.02. The molecule has 0 unspecified atom stereocenters. The van der Waals surface area contributed by atoms with E-state index in [1.54, 1.807) is 53.4 Å². The highest BCUT2D eigenvalue weighted by Crippen LogP contribution is 2.23. The molecule has 0 radical (unpaired) electrons. The highest BCUT2D eigenvalue weighted by atomic mass is 16.6. The Bertz CT molecular complexity index is 1360. The summed E-state index contributed by atoms with van der Waals surface area (Å²) >= 11 is 0. The van der Waals surface area contributed by atoms with E-state index in [0.29, 0.717) is 48.4 Å². The van der Waals surface area contributed by atoms with Gasteiger partial charge in [-0.15, -0.1) is 0 Å². The van der Waals surface area contributed by atoms with Crippen molar-refractivity contribution >= 4 is 23.7 Å². The fourth-order valence-corrected chi connectivity index (χ4v) is 5.49. The molecule has 2 saturated heterocycles. The Morgan fingerprint density at radius 1 is 0.767 bits per heavy atom. The first-order valence-corrected chi connectivity index (χ1v) is 15.0. The molecule has 0 bridgehead atoms. The molecule has 0 spiro atoms. The first kappa shape index (κ1) is 30.1. The van der Waals surface area contributed by atoms with Crippen LogP contribution in [-0.4, -0.2) is 65.7 Å². The number of nitrogens with one attached hydrogen (secondary N) is 1. The summed E-state index contributed by atoms with van der Waals surface area (Å²) in [4.78, 5) is 40.4. The lowest BCUT2D eigenvalue weighted by molar-refractivity contribution is -0.136. The van der Waals surface area contributed by atoms with Crippen LogP contribution in [0.25, 0.3) is 0 Å².